The fraction of sp³-hybridized carbons (Fsp3) is 0.769. The quantitative estimate of drug-likeness (QED) is 0.870. The molecule has 1 aromatic heterocycles. The molecule has 1 aliphatic rings. The van der Waals surface area contributed by atoms with Crippen LogP contribution in [0, 0.1) is 19.8 Å². The lowest BCUT2D eigenvalue weighted by molar-refractivity contribution is 0.390. The Balaban J connectivity index is 2.02. The molecule has 90 valence electrons. The predicted octanol–water partition coefficient (Wildman–Crippen LogP) is 3.60. The SMILES string of the molecule is Cc1nc(C)c(C(C)NC2CCCC2C)s1. The van der Waals surface area contributed by atoms with Gasteiger partial charge < -0.3 is 5.32 Å². The standard InChI is InChI=1S/C13H22N2S/c1-8-6-5-7-12(8)15-10(3)13-9(2)14-11(4)16-13/h8,10,12,15H,5-7H2,1-4H3. The van der Waals surface area contributed by atoms with Crippen molar-refractivity contribution in [3.05, 3.63) is 15.6 Å². The van der Waals surface area contributed by atoms with E-state index in [2.05, 4.69) is 38.0 Å². The lowest BCUT2D eigenvalue weighted by atomic mass is 10.1. The van der Waals surface area contributed by atoms with Crippen molar-refractivity contribution in [3.8, 4) is 0 Å². The first-order chi connectivity index (χ1) is 7.58. The maximum atomic E-state index is 4.50. The maximum absolute atomic E-state index is 4.50. The first-order valence-electron chi connectivity index (χ1n) is 6.28. The van der Waals surface area contributed by atoms with Gasteiger partial charge in [0.15, 0.2) is 0 Å². The zero-order chi connectivity index (χ0) is 11.7. The summed E-state index contributed by atoms with van der Waals surface area (Å²) in [4.78, 5) is 5.92. The van der Waals surface area contributed by atoms with E-state index in [1.54, 1.807) is 0 Å². The van der Waals surface area contributed by atoms with Crippen molar-refractivity contribution < 1.29 is 0 Å². The van der Waals surface area contributed by atoms with Crippen LogP contribution >= 0.6 is 11.3 Å². The zero-order valence-corrected chi connectivity index (χ0v) is 11.5. The molecule has 0 bridgehead atoms. The molecule has 16 heavy (non-hydrogen) atoms. The Morgan fingerprint density at radius 2 is 2.12 bits per heavy atom. The molecule has 1 heterocycles. The normalized spacial score (nSPS) is 27.2. The van der Waals surface area contributed by atoms with E-state index in [9.17, 15) is 0 Å². The molecule has 0 aromatic carbocycles. The molecule has 3 unspecified atom stereocenters. The van der Waals surface area contributed by atoms with Crippen molar-refractivity contribution in [3.63, 3.8) is 0 Å². The van der Waals surface area contributed by atoms with Gasteiger partial charge in [0.25, 0.3) is 0 Å². The van der Waals surface area contributed by atoms with Gasteiger partial charge in [-0.25, -0.2) is 4.98 Å². The lowest BCUT2D eigenvalue weighted by Gasteiger charge is -2.22. The third-order valence-corrected chi connectivity index (χ3v) is 4.91. The number of hydrogen-bond acceptors (Lipinski definition) is 3. The lowest BCUT2D eigenvalue weighted by Crippen LogP contribution is -2.33. The van der Waals surface area contributed by atoms with Crippen molar-refractivity contribution in [2.75, 3.05) is 0 Å². The minimum absolute atomic E-state index is 0.455. The second-order valence-corrected chi connectivity index (χ2v) is 6.32. The number of aromatic nitrogens is 1. The fourth-order valence-electron chi connectivity index (χ4n) is 2.74. The molecule has 1 saturated carbocycles. The van der Waals surface area contributed by atoms with Crippen LogP contribution in [0.15, 0.2) is 0 Å². The van der Waals surface area contributed by atoms with Crippen molar-refractivity contribution in [1.82, 2.24) is 10.3 Å². The van der Waals surface area contributed by atoms with E-state index in [0.717, 1.165) is 5.92 Å². The minimum Gasteiger partial charge on any atom is -0.306 e. The van der Waals surface area contributed by atoms with Crippen LogP contribution in [-0.2, 0) is 0 Å². The van der Waals surface area contributed by atoms with Gasteiger partial charge in [-0.1, -0.05) is 13.3 Å². The van der Waals surface area contributed by atoms with E-state index in [1.807, 2.05) is 11.3 Å². The molecule has 1 aromatic rings. The summed E-state index contributed by atoms with van der Waals surface area (Å²) >= 11 is 1.83. The molecule has 0 amide bonds. The second-order valence-electron chi connectivity index (χ2n) is 5.09. The van der Waals surface area contributed by atoms with E-state index in [1.165, 1.54) is 34.8 Å². The first kappa shape index (κ1) is 12.1. The Labute approximate surface area is 102 Å². The summed E-state index contributed by atoms with van der Waals surface area (Å²) in [5.41, 5.74) is 1.20. The number of thiazole rings is 1. The molecule has 1 N–H and O–H groups in total. The molecular formula is C13H22N2S. The average Bonchev–Trinajstić information content (AvgIpc) is 2.74. The Hall–Kier alpha value is -0.410. The highest BCUT2D eigenvalue weighted by Crippen LogP contribution is 2.30. The number of nitrogens with zero attached hydrogens (tertiary/aromatic N) is 1. The topological polar surface area (TPSA) is 24.9 Å². The predicted molar refractivity (Wildman–Crippen MR) is 69.9 cm³/mol. The smallest absolute Gasteiger partial charge is 0.0900 e. The van der Waals surface area contributed by atoms with E-state index in [-0.39, 0.29) is 0 Å². The van der Waals surface area contributed by atoms with Crippen molar-refractivity contribution >= 4 is 11.3 Å². The summed E-state index contributed by atoms with van der Waals surface area (Å²) in [5, 5.41) is 4.95. The van der Waals surface area contributed by atoms with Gasteiger partial charge in [-0.15, -0.1) is 11.3 Å². The van der Waals surface area contributed by atoms with E-state index in [0.29, 0.717) is 12.1 Å². The van der Waals surface area contributed by atoms with E-state index < -0.39 is 0 Å². The molecule has 1 fully saturated rings. The number of aryl methyl sites for hydroxylation is 2. The van der Waals surface area contributed by atoms with Crippen LogP contribution < -0.4 is 5.32 Å². The zero-order valence-electron chi connectivity index (χ0n) is 10.7. The number of hydrogen-bond donors (Lipinski definition) is 1. The van der Waals surface area contributed by atoms with Crippen LogP contribution in [0.5, 0.6) is 0 Å². The Morgan fingerprint density at radius 1 is 1.38 bits per heavy atom. The molecule has 2 nitrogen and oxygen atoms in total. The Bertz CT molecular complexity index is 359. The summed E-state index contributed by atoms with van der Waals surface area (Å²) in [6, 6.07) is 1.16. The molecule has 3 atom stereocenters. The summed E-state index contributed by atoms with van der Waals surface area (Å²) in [6.45, 7) is 8.84. The molecule has 2 rings (SSSR count). The number of nitrogens with one attached hydrogen (secondary N) is 1. The summed E-state index contributed by atoms with van der Waals surface area (Å²) < 4.78 is 0. The fourth-order valence-corrected chi connectivity index (χ4v) is 3.68. The first-order valence-corrected chi connectivity index (χ1v) is 7.09. The molecule has 3 heteroatoms. The van der Waals surface area contributed by atoms with Crippen LogP contribution in [0.2, 0.25) is 0 Å². The van der Waals surface area contributed by atoms with Gasteiger partial charge in [0.2, 0.25) is 0 Å². The van der Waals surface area contributed by atoms with Gasteiger partial charge >= 0.3 is 0 Å². The average molecular weight is 238 g/mol. The van der Waals surface area contributed by atoms with E-state index >= 15 is 0 Å². The molecule has 1 aliphatic carbocycles. The maximum Gasteiger partial charge on any atom is 0.0900 e. The molecule has 0 spiro atoms. The van der Waals surface area contributed by atoms with Crippen LogP contribution in [0.3, 0.4) is 0 Å². The molecular weight excluding hydrogens is 216 g/mol. The third-order valence-electron chi connectivity index (χ3n) is 3.66. The summed E-state index contributed by atoms with van der Waals surface area (Å²) in [7, 11) is 0. The Morgan fingerprint density at radius 3 is 2.62 bits per heavy atom. The van der Waals surface area contributed by atoms with Crippen molar-refractivity contribution in [2.45, 2.75) is 59.0 Å². The van der Waals surface area contributed by atoms with Gasteiger partial charge in [-0.3, -0.25) is 0 Å². The van der Waals surface area contributed by atoms with Gasteiger partial charge in [-0.05, 0) is 39.5 Å². The summed E-state index contributed by atoms with van der Waals surface area (Å²) in [6.07, 6.45) is 4.10. The highest BCUT2D eigenvalue weighted by Gasteiger charge is 2.25. The molecule has 0 aliphatic heterocycles. The highest BCUT2D eigenvalue weighted by atomic mass is 32.1. The highest BCUT2D eigenvalue weighted by molar-refractivity contribution is 7.11. The van der Waals surface area contributed by atoms with Crippen molar-refractivity contribution in [2.24, 2.45) is 5.92 Å². The monoisotopic (exact) mass is 238 g/mol. The van der Waals surface area contributed by atoms with Gasteiger partial charge in [-0.2, -0.15) is 0 Å². The van der Waals surface area contributed by atoms with Crippen LogP contribution in [0.4, 0.5) is 0 Å². The van der Waals surface area contributed by atoms with Gasteiger partial charge in [0.1, 0.15) is 0 Å². The molecule has 0 saturated heterocycles. The second kappa shape index (κ2) is 4.84. The van der Waals surface area contributed by atoms with Gasteiger partial charge in [0, 0.05) is 17.0 Å². The largest absolute Gasteiger partial charge is 0.306 e. The Kier molecular flexibility index (Phi) is 3.65. The van der Waals surface area contributed by atoms with Crippen LogP contribution in [0.1, 0.15) is 54.7 Å². The minimum atomic E-state index is 0.455. The van der Waals surface area contributed by atoms with E-state index in [4.69, 9.17) is 0 Å². The summed E-state index contributed by atoms with van der Waals surface area (Å²) in [5.74, 6) is 0.830. The van der Waals surface area contributed by atoms with Crippen LogP contribution in [-0.4, -0.2) is 11.0 Å². The number of rotatable bonds is 3. The van der Waals surface area contributed by atoms with Gasteiger partial charge in [0.05, 0.1) is 10.7 Å². The van der Waals surface area contributed by atoms with Crippen molar-refractivity contribution in [1.29, 1.82) is 0 Å². The molecule has 0 radical (unpaired) electrons. The van der Waals surface area contributed by atoms with Crippen LogP contribution in [0.25, 0.3) is 0 Å². The third kappa shape index (κ3) is 2.46.